The number of nitrogens with one attached hydrogen (secondary N) is 1. The van der Waals surface area contributed by atoms with Crippen LogP contribution in [0.3, 0.4) is 0 Å². The quantitative estimate of drug-likeness (QED) is 0.910. The van der Waals surface area contributed by atoms with E-state index in [4.69, 9.17) is 11.6 Å². The number of aromatic nitrogens is 1. The van der Waals surface area contributed by atoms with Crippen LogP contribution >= 0.6 is 11.6 Å². The maximum absolute atomic E-state index is 12.9. The van der Waals surface area contributed by atoms with Gasteiger partial charge in [-0.05, 0) is 30.3 Å². The van der Waals surface area contributed by atoms with E-state index in [1.54, 1.807) is 0 Å². The minimum absolute atomic E-state index is 0.0563. The van der Waals surface area contributed by atoms with E-state index in [0.717, 1.165) is 12.1 Å². The van der Waals surface area contributed by atoms with Crippen molar-refractivity contribution in [3.63, 3.8) is 0 Å². The predicted molar refractivity (Wildman–Crippen MR) is 68.6 cm³/mol. The van der Waals surface area contributed by atoms with Crippen molar-refractivity contribution < 1.29 is 18.0 Å². The summed E-state index contributed by atoms with van der Waals surface area (Å²) in [5, 5.41) is 2.16. The predicted octanol–water partition coefficient (Wildman–Crippen LogP) is 4.01. The number of benzene rings is 1. The van der Waals surface area contributed by atoms with E-state index in [0.29, 0.717) is 0 Å². The van der Waals surface area contributed by atoms with Crippen LogP contribution in [0, 0.1) is 0 Å². The molecule has 2 rings (SSSR count). The average molecular weight is 301 g/mol. The van der Waals surface area contributed by atoms with Gasteiger partial charge in [-0.3, -0.25) is 9.78 Å². The van der Waals surface area contributed by atoms with Crippen molar-refractivity contribution in [1.29, 1.82) is 0 Å². The number of hydrogen-bond donors (Lipinski definition) is 1. The molecule has 1 aromatic carbocycles. The number of carbonyl (C=O) groups excluding carboxylic acids is 1. The fourth-order valence-electron chi connectivity index (χ4n) is 1.56. The largest absolute Gasteiger partial charge is 0.418 e. The minimum atomic E-state index is -4.61. The van der Waals surface area contributed by atoms with Crippen LogP contribution in [0.5, 0.6) is 0 Å². The summed E-state index contributed by atoms with van der Waals surface area (Å²) in [4.78, 5) is 15.6. The van der Waals surface area contributed by atoms with Crippen molar-refractivity contribution in [2.24, 2.45) is 0 Å². The molecule has 0 radical (unpaired) electrons. The van der Waals surface area contributed by atoms with Crippen LogP contribution < -0.4 is 5.32 Å². The van der Waals surface area contributed by atoms with Crippen molar-refractivity contribution >= 4 is 23.2 Å². The SMILES string of the molecule is O=C(Nc1ccc(Cl)cc1C(F)(F)F)c1ccncc1. The number of hydrogen-bond acceptors (Lipinski definition) is 2. The third kappa shape index (κ3) is 3.27. The fourth-order valence-corrected chi connectivity index (χ4v) is 1.73. The lowest BCUT2D eigenvalue weighted by Gasteiger charge is -2.14. The normalized spacial score (nSPS) is 11.2. The second-order valence-electron chi connectivity index (χ2n) is 3.88. The number of halogens is 4. The highest BCUT2D eigenvalue weighted by Crippen LogP contribution is 2.36. The van der Waals surface area contributed by atoms with Gasteiger partial charge >= 0.3 is 6.18 Å². The van der Waals surface area contributed by atoms with Gasteiger partial charge in [0.15, 0.2) is 0 Å². The Hall–Kier alpha value is -2.08. The van der Waals surface area contributed by atoms with E-state index in [1.165, 1.54) is 30.6 Å². The van der Waals surface area contributed by atoms with Crippen molar-refractivity contribution in [1.82, 2.24) is 4.98 Å². The van der Waals surface area contributed by atoms with E-state index < -0.39 is 17.6 Å². The second kappa shape index (κ2) is 5.50. The molecule has 0 spiro atoms. The molecule has 3 nitrogen and oxygen atoms in total. The number of nitrogens with zero attached hydrogens (tertiary/aromatic N) is 1. The summed E-state index contributed by atoms with van der Waals surface area (Å²) < 4.78 is 38.6. The van der Waals surface area contributed by atoms with E-state index in [2.05, 4.69) is 10.3 Å². The van der Waals surface area contributed by atoms with Gasteiger partial charge in [-0.25, -0.2) is 0 Å². The van der Waals surface area contributed by atoms with Crippen LogP contribution in [0.15, 0.2) is 42.7 Å². The van der Waals surface area contributed by atoms with Crippen LogP contribution in [0.25, 0.3) is 0 Å². The topological polar surface area (TPSA) is 42.0 Å². The Morgan fingerprint density at radius 2 is 1.80 bits per heavy atom. The van der Waals surface area contributed by atoms with Crippen molar-refractivity contribution in [3.8, 4) is 0 Å². The Morgan fingerprint density at radius 3 is 2.40 bits per heavy atom. The summed E-state index contributed by atoms with van der Waals surface area (Å²) in [6, 6.07) is 5.96. The van der Waals surface area contributed by atoms with Gasteiger partial charge in [0.2, 0.25) is 0 Å². The van der Waals surface area contributed by atoms with Gasteiger partial charge in [0.1, 0.15) is 0 Å². The van der Waals surface area contributed by atoms with E-state index in [-0.39, 0.29) is 16.3 Å². The summed E-state index contributed by atoms with van der Waals surface area (Å²) >= 11 is 5.56. The number of rotatable bonds is 2. The second-order valence-corrected chi connectivity index (χ2v) is 4.31. The van der Waals surface area contributed by atoms with Crippen molar-refractivity contribution in [2.45, 2.75) is 6.18 Å². The van der Waals surface area contributed by atoms with Gasteiger partial charge < -0.3 is 5.32 Å². The van der Waals surface area contributed by atoms with Gasteiger partial charge in [-0.2, -0.15) is 13.2 Å². The molecule has 104 valence electrons. The molecule has 0 aliphatic carbocycles. The van der Waals surface area contributed by atoms with Crippen molar-refractivity contribution in [3.05, 3.63) is 58.9 Å². The van der Waals surface area contributed by atoms with E-state index >= 15 is 0 Å². The Balaban J connectivity index is 2.33. The zero-order chi connectivity index (χ0) is 14.8. The molecule has 1 heterocycles. The summed E-state index contributed by atoms with van der Waals surface area (Å²) in [7, 11) is 0. The van der Waals surface area contributed by atoms with Crippen LogP contribution in [0.1, 0.15) is 15.9 Å². The molecule has 0 saturated carbocycles. The highest BCUT2D eigenvalue weighted by atomic mass is 35.5. The molecule has 0 atom stereocenters. The van der Waals surface area contributed by atoms with Gasteiger partial charge in [0.05, 0.1) is 11.3 Å². The van der Waals surface area contributed by atoms with Crippen LogP contribution in [-0.4, -0.2) is 10.9 Å². The zero-order valence-electron chi connectivity index (χ0n) is 9.91. The molecule has 2 aromatic rings. The Bertz CT molecular complexity index is 629. The number of carbonyl (C=O) groups is 1. The van der Waals surface area contributed by atoms with E-state index in [1.807, 2.05) is 0 Å². The Morgan fingerprint density at radius 1 is 1.15 bits per heavy atom. The highest BCUT2D eigenvalue weighted by Gasteiger charge is 2.34. The average Bonchev–Trinajstić information content (AvgIpc) is 2.40. The maximum atomic E-state index is 12.9. The molecule has 1 amide bonds. The summed E-state index contributed by atoms with van der Waals surface area (Å²) in [5.41, 5.74) is -1.13. The smallest absolute Gasteiger partial charge is 0.321 e. The van der Waals surface area contributed by atoms with Crippen LogP contribution in [-0.2, 0) is 6.18 Å². The lowest BCUT2D eigenvalue weighted by Crippen LogP contribution is -2.16. The first-order chi connectivity index (χ1) is 9.38. The zero-order valence-corrected chi connectivity index (χ0v) is 10.7. The Kier molecular flexibility index (Phi) is 3.94. The van der Waals surface area contributed by atoms with E-state index in [9.17, 15) is 18.0 Å². The van der Waals surface area contributed by atoms with Gasteiger partial charge in [0.25, 0.3) is 5.91 Å². The molecule has 0 aliphatic rings. The first-order valence-electron chi connectivity index (χ1n) is 5.46. The third-order valence-electron chi connectivity index (χ3n) is 2.48. The molecule has 0 saturated heterocycles. The van der Waals surface area contributed by atoms with Crippen molar-refractivity contribution in [2.75, 3.05) is 5.32 Å². The molecule has 0 unspecified atom stereocenters. The van der Waals surface area contributed by atoms with Gasteiger partial charge in [0, 0.05) is 23.0 Å². The molecule has 0 bridgehead atoms. The molecule has 1 N–H and O–H groups in total. The highest BCUT2D eigenvalue weighted by molar-refractivity contribution is 6.30. The van der Waals surface area contributed by atoms with Gasteiger partial charge in [-0.1, -0.05) is 11.6 Å². The number of anilines is 1. The van der Waals surface area contributed by atoms with Crippen LogP contribution in [0.4, 0.5) is 18.9 Å². The molecule has 0 fully saturated rings. The Labute approximate surface area is 117 Å². The molecule has 0 aliphatic heterocycles. The molecule has 20 heavy (non-hydrogen) atoms. The monoisotopic (exact) mass is 300 g/mol. The lowest BCUT2D eigenvalue weighted by atomic mass is 10.1. The first kappa shape index (κ1) is 14.3. The first-order valence-corrected chi connectivity index (χ1v) is 5.84. The molecular formula is C13H8ClF3N2O. The van der Waals surface area contributed by atoms with Crippen LogP contribution in [0.2, 0.25) is 5.02 Å². The van der Waals surface area contributed by atoms with Gasteiger partial charge in [-0.15, -0.1) is 0 Å². The molecule has 1 aromatic heterocycles. The fraction of sp³-hybridized carbons (Fsp3) is 0.0769. The molecule has 7 heteroatoms. The maximum Gasteiger partial charge on any atom is 0.418 e. The number of amides is 1. The third-order valence-corrected chi connectivity index (χ3v) is 2.71. The minimum Gasteiger partial charge on any atom is -0.321 e. The summed E-state index contributed by atoms with van der Waals surface area (Å²) in [5.74, 6) is -0.653. The molecular weight excluding hydrogens is 293 g/mol. The number of pyridine rings is 1. The lowest BCUT2D eigenvalue weighted by molar-refractivity contribution is -0.136. The summed E-state index contributed by atoms with van der Waals surface area (Å²) in [6.45, 7) is 0. The summed E-state index contributed by atoms with van der Waals surface area (Å²) in [6.07, 6.45) is -1.85. The standard InChI is InChI=1S/C13H8ClF3N2O/c14-9-1-2-11(10(7-9)13(15,16)17)19-12(20)8-3-5-18-6-4-8/h1-7H,(H,19,20). The number of alkyl halides is 3.